The second-order valence-electron chi connectivity index (χ2n) is 7.78. The van der Waals surface area contributed by atoms with Gasteiger partial charge in [0.05, 0.1) is 4.90 Å². The molecule has 2 atom stereocenters. The van der Waals surface area contributed by atoms with E-state index >= 15 is 0 Å². The lowest BCUT2D eigenvalue weighted by molar-refractivity contribution is 0.0520. The van der Waals surface area contributed by atoms with E-state index in [1.165, 1.54) is 43.1 Å². The van der Waals surface area contributed by atoms with Crippen molar-refractivity contribution >= 4 is 27.3 Å². The molecule has 5 nitrogen and oxygen atoms in total. The molecule has 1 aliphatic heterocycles. The van der Waals surface area contributed by atoms with Crippen LogP contribution in [0.5, 0.6) is 0 Å². The van der Waals surface area contributed by atoms with Crippen LogP contribution in [0.4, 0.5) is 0 Å². The van der Waals surface area contributed by atoms with Crippen LogP contribution in [0.15, 0.2) is 46.7 Å². The predicted molar refractivity (Wildman–Crippen MR) is 111 cm³/mol. The van der Waals surface area contributed by atoms with E-state index < -0.39 is 10.0 Å². The summed E-state index contributed by atoms with van der Waals surface area (Å²) in [6.07, 6.45) is 6.13. The third-order valence-corrected chi connectivity index (χ3v) is 8.26. The summed E-state index contributed by atoms with van der Waals surface area (Å²) >= 11 is 1.51. The van der Waals surface area contributed by atoms with E-state index in [4.69, 9.17) is 0 Å². The minimum atomic E-state index is -3.66. The molecule has 0 spiro atoms. The van der Waals surface area contributed by atoms with Crippen LogP contribution in [0.3, 0.4) is 0 Å². The van der Waals surface area contributed by atoms with Crippen molar-refractivity contribution in [2.24, 2.45) is 11.8 Å². The van der Waals surface area contributed by atoms with E-state index in [0.717, 1.165) is 30.3 Å². The van der Waals surface area contributed by atoms with Gasteiger partial charge in [0.25, 0.3) is 5.91 Å². The summed E-state index contributed by atoms with van der Waals surface area (Å²) in [7, 11) is -3.66. The van der Waals surface area contributed by atoms with Crippen LogP contribution in [-0.4, -0.2) is 32.3 Å². The first-order chi connectivity index (χ1) is 13.5. The molecule has 1 aromatic heterocycles. The number of carbonyl (C=O) groups is 1. The van der Waals surface area contributed by atoms with Crippen LogP contribution in [0.1, 0.15) is 47.3 Å². The van der Waals surface area contributed by atoms with E-state index in [0.29, 0.717) is 11.5 Å². The van der Waals surface area contributed by atoms with Gasteiger partial charge in [-0.25, -0.2) is 13.1 Å². The zero-order valence-electron chi connectivity index (χ0n) is 15.8. The number of likely N-dealkylation sites (tertiary alicyclic amines) is 1. The molecule has 0 radical (unpaired) electrons. The van der Waals surface area contributed by atoms with Gasteiger partial charge < -0.3 is 4.90 Å². The average Bonchev–Trinajstić information content (AvgIpc) is 3.25. The number of carbonyl (C=O) groups excluding carboxylic acids is 1. The number of amides is 1. The topological polar surface area (TPSA) is 66.5 Å². The normalized spacial score (nSPS) is 22.6. The van der Waals surface area contributed by atoms with Crippen LogP contribution in [0.2, 0.25) is 0 Å². The van der Waals surface area contributed by atoms with Gasteiger partial charge in [0.2, 0.25) is 10.0 Å². The van der Waals surface area contributed by atoms with E-state index in [1.807, 2.05) is 22.4 Å². The molecule has 2 fully saturated rings. The summed E-state index contributed by atoms with van der Waals surface area (Å²) in [5, 5.41) is 1.92. The molecule has 1 aromatic carbocycles. The molecule has 1 amide bonds. The molecule has 0 bridgehead atoms. The maximum absolute atomic E-state index is 13.0. The zero-order valence-corrected chi connectivity index (χ0v) is 17.5. The number of hydrogen-bond acceptors (Lipinski definition) is 4. The third-order valence-electron chi connectivity index (χ3n) is 5.99. The van der Waals surface area contributed by atoms with Crippen molar-refractivity contribution < 1.29 is 13.2 Å². The molecule has 150 valence electrons. The fourth-order valence-electron chi connectivity index (χ4n) is 4.43. The number of piperidine rings is 1. The minimum Gasteiger partial charge on any atom is -0.338 e. The molecule has 2 unspecified atom stereocenters. The smallest absolute Gasteiger partial charge is 0.253 e. The van der Waals surface area contributed by atoms with Gasteiger partial charge in [-0.3, -0.25) is 4.79 Å². The molecule has 2 heterocycles. The molecule has 4 rings (SSSR count). The molecule has 1 saturated heterocycles. The molecule has 7 heteroatoms. The number of rotatable bonds is 5. The van der Waals surface area contributed by atoms with Gasteiger partial charge in [0.15, 0.2) is 0 Å². The van der Waals surface area contributed by atoms with Crippen molar-refractivity contribution in [2.75, 3.05) is 13.1 Å². The number of thiophene rings is 1. The Bertz CT molecular complexity index is 925. The van der Waals surface area contributed by atoms with Gasteiger partial charge in [0, 0.05) is 30.1 Å². The highest BCUT2D eigenvalue weighted by atomic mass is 32.2. The summed E-state index contributed by atoms with van der Waals surface area (Å²) in [5.74, 6) is 1.30. The van der Waals surface area contributed by atoms with Crippen LogP contribution in [0, 0.1) is 11.8 Å². The Labute approximate surface area is 170 Å². The largest absolute Gasteiger partial charge is 0.338 e. The van der Waals surface area contributed by atoms with Gasteiger partial charge in [0.1, 0.15) is 0 Å². The Hall–Kier alpha value is -1.70. The molecule has 1 aliphatic carbocycles. The number of benzene rings is 1. The quantitative estimate of drug-likeness (QED) is 0.801. The summed E-state index contributed by atoms with van der Waals surface area (Å²) in [4.78, 5) is 16.0. The highest BCUT2D eigenvalue weighted by molar-refractivity contribution is 7.89. The van der Waals surface area contributed by atoms with Crippen LogP contribution < -0.4 is 4.72 Å². The van der Waals surface area contributed by atoms with Crippen molar-refractivity contribution in [1.82, 2.24) is 9.62 Å². The minimum absolute atomic E-state index is 0.0562. The average molecular weight is 419 g/mol. The molecule has 2 aliphatic rings. The Balaban J connectivity index is 1.46. The van der Waals surface area contributed by atoms with Crippen LogP contribution in [-0.2, 0) is 16.6 Å². The fraction of sp³-hybridized carbons (Fsp3) is 0.476. The Morgan fingerprint density at radius 3 is 2.71 bits per heavy atom. The first-order valence-corrected chi connectivity index (χ1v) is 12.3. The lowest BCUT2D eigenvalue weighted by Gasteiger charge is -2.41. The molecular formula is C21H26N2O3S2. The van der Waals surface area contributed by atoms with Crippen LogP contribution in [0.25, 0.3) is 0 Å². The lowest BCUT2D eigenvalue weighted by Crippen LogP contribution is -2.44. The van der Waals surface area contributed by atoms with Gasteiger partial charge in [-0.2, -0.15) is 0 Å². The highest BCUT2D eigenvalue weighted by Gasteiger charge is 2.33. The number of hydrogen-bond donors (Lipinski definition) is 1. The van der Waals surface area contributed by atoms with Crippen molar-refractivity contribution in [3.05, 3.63) is 52.2 Å². The van der Waals surface area contributed by atoms with Crippen molar-refractivity contribution in [2.45, 2.75) is 43.5 Å². The standard InChI is InChI=1S/C21H26N2O3S2/c24-21(23-11-10-16-5-1-2-6-18(16)15-23)17-7-3-9-20(13-17)28(25,26)22-14-19-8-4-12-27-19/h3-4,7-9,12-13,16,18,22H,1-2,5-6,10-11,14-15H2. The van der Waals surface area contributed by atoms with Crippen molar-refractivity contribution in [1.29, 1.82) is 0 Å². The van der Waals surface area contributed by atoms with E-state index in [9.17, 15) is 13.2 Å². The number of fused-ring (bicyclic) bond motifs is 1. The summed E-state index contributed by atoms with van der Waals surface area (Å²) in [6.45, 7) is 1.83. The molecule has 28 heavy (non-hydrogen) atoms. The number of nitrogens with one attached hydrogen (secondary N) is 1. The van der Waals surface area contributed by atoms with Gasteiger partial charge >= 0.3 is 0 Å². The van der Waals surface area contributed by atoms with E-state index in [1.54, 1.807) is 18.2 Å². The number of sulfonamides is 1. The molecule has 1 saturated carbocycles. The zero-order chi connectivity index (χ0) is 19.6. The summed E-state index contributed by atoms with van der Waals surface area (Å²) < 4.78 is 27.9. The molecule has 1 N–H and O–H groups in total. The second kappa shape index (κ2) is 8.35. The van der Waals surface area contributed by atoms with E-state index in [-0.39, 0.29) is 17.3 Å². The Morgan fingerprint density at radius 2 is 1.93 bits per heavy atom. The maximum atomic E-state index is 13.0. The second-order valence-corrected chi connectivity index (χ2v) is 10.6. The lowest BCUT2D eigenvalue weighted by atomic mass is 9.75. The highest BCUT2D eigenvalue weighted by Crippen LogP contribution is 2.36. The predicted octanol–water partition coefficient (Wildman–Crippen LogP) is 3.88. The van der Waals surface area contributed by atoms with Crippen molar-refractivity contribution in [3.63, 3.8) is 0 Å². The molecule has 2 aromatic rings. The monoisotopic (exact) mass is 418 g/mol. The third kappa shape index (κ3) is 4.31. The van der Waals surface area contributed by atoms with Crippen LogP contribution >= 0.6 is 11.3 Å². The van der Waals surface area contributed by atoms with E-state index in [2.05, 4.69) is 4.72 Å². The van der Waals surface area contributed by atoms with Crippen molar-refractivity contribution in [3.8, 4) is 0 Å². The fourth-order valence-corrected chi connectivity index (χ4v) is 6.21. The maximum Gasteiger partial charge on any atom is 0.253 e. The summed E-state index contributed by atoms with van der Waals surface area (Å²) in [5.41, 5.74) is 0.452. The van der Waals surface area contributed by atoms with Gasteiger partial charge in [-0.1, -0.05) is 31.4 Å². The van der Waals surface area contributed by atoms with Gasteiger partial charge in [-0.15, -0.1) is 11.3 Å². The summed E-state index contributed by atoms with van der Waals surface area (Å²) in [6, 6.07) is 10.2. The Kier molecular flexibility index (Phi) is 5.85. The molecular weight excluding hydrogens is 392 g/mol. The number of nitrogens with zero attached hydrogens (tertiary/aromatic N) is 1. The van der Waals surface area contributed by atoms with Gasteiger partial charge in [-0.05, 0) is 54.3 Å². The SMILES string of the molecule is O=C(c1cccc(S(=O)(=O)NCc2cccs2)c1)N1CCC2CCCCC2C1. The Morgan fingerprint density at radius 1 is 1.11 bits per heavy atom. The first-order valence-electron chi connectivity index (χ1n) is 9.94. The first kappa shape index (κ1) is 19.6.